The van der Waals surface area contributed by atoms with E-state index in [1.165, 1.54) is 31.2 Å². The maximum absolute atomic E-state index is 12.4. The second-order valence-electron chi connectivity index (χ2n) is 6.80. The van der Waals surface area contributed by atoms with E-state index in [2.05, 4.69) is 20.2 Å². The summed E-state index contributed by atoms with van der Waals surface area (Å²) in [5.41, 5.74) is 2.33. The Morgan fingerprint density at radius 2 is 1.88 bits per heavy atom. The van der Waals surface area contributed by atoms with Gasteiger partial charge in [0.25, 0.3) is 5.91 Å². The van der Waals surface area contributed by atoms with Gasteiger partial charge in [0.2, 0.25) is 0 Å². The highest BCUT2D eigenvalue weighted by atomic mass is 16.5. The highest BCUT2D eigenvalue weighted by Gasteiger charge is 2.17. The number of nitrogens with zero attached hydrogens (tertiary/aromatic N) is 3. The Morgan fingerprint density at radius 3 is 2.62 bits per heavy atom. The molecule has 1 aliphatic rings. The molecule has 1 aliphatic heterocycles. The lowest BCUT2D eigenvalue weighted by Gasteiger charge is -2.27. The van der Waals surface area contributed by atoms with Crippen molar-refractivity contribution in [3.05, 3.63) is 41.7 Å². The van der Waals surface area contributed by atoms with Crippen LogP contribution in [0, 0.1) is 13.8 Å². The molecule has 0 aliphatic carbocycles. The summed E-state index contributed by atoms with van der Waals surface area (Å²) in [6, 6.07) is 7.64. The van der Waals surface area contributed by atoms with Crippen molar-refractivity contribution < 1.29 is 9.53 Å². The zero-order valence-corrected chi connectivity index (χ0v) is 15.7. The highest BCUT2D eigenvalue weighted by Crippen LogP contribution is 2.20. The van der Waals surface area contributed by atoms with E-state index in [4.69, 9.17) is 4.74 Å². The number of ether oxygens (including phenoxy) is 1. The highest BCUT2D eigenvalue weighted by molar-refractivity contribution is 5.93. The van der Waals surface area contributed by atoms with Gasteiger partial charge < -0.3 is 15.0 Å². The Balaban J connectivity index is 1.62. The summed E-state index contributed by atoms with van der Waals surface area (Å²) in [5.74, 6) is 1.82. The number of carbonyl (C=O) groups excluding carboxylic acids is 1. The van der Waals surface area contributed by atoms with Crippen LogP contribution in [0.4, 0.5) is 11.6 Å². The number of amides is 1. The van der Waals surface area contributed by atoms with Gasteiger partial charge in [0.05, 0.1) is 0 Å². The Labute approximate surface area is 154 Å². The zero-order chi connectivity index (χ0) is 18.5. The first-order valence-electron chi connectivity index (χ1n) is 9.15. The van der Waals surface area contributed by atoms with Gasteiger partial charge in [-0.05, 0) is 63.3 Å². The molecule has 6 nitrogen and oxygen atoms in total. The van der Waals surface area contributed by atoms with Gasteiger partial charge in [-0.15, -0.1) is 0 Å². The normalized spacial score (nSPS) is 15.4. The predicted octanol–water partition coefficient (Wildman–Crippen LogP) is 3.49. The minimum Gasteiger partial charge on any atom is -0.481 e. The number of hydrogen-bond donors (Lipinski definition) is 1. The first kappa shape index (κ1) is 18.2. The minimum atomic E-state index is -0.620. The largest absolute Gasteiger partial charge is 0.481 e. The molecule has 1 N–H and O–H groups in total. The fourth-order valence-corrected chi connectivity index (χ4v) is 2.98. The number of piperidine rings is 1. The lowest BCUT2D eigenvalue weighted by Crippen LogP contribution is -2.32. The number of aromatic nitrogens is 2. The number of aryl methyl sites for hydroxylation is 2. The molecule has 1 amide bonds. The monoisotopic (exact) mass is 354 g/mol. The Kier molecular flexibility index (Phi) is 5.71. The van der Waals surface area contributed by atoms with Crippen LogP contribution < -0.4 is 15.0 Å². The van der Waals surface area contributed by atoms with Crippen LogP contribution in [0.15, 0.2) is 30.6 Å². The molecule has 1 aromatic heterocycles. The van der Waals surface area contributed by atoms with Crippen molar-refractivity contribution in [2.24, 2.45) is 0 Å². The average molecular weight is 354 g/mol. The number of benzene rings is 1. The minimum absolute atomic E-state index is 0.230. The van der Waals surface area contributed by atoms with Gasteiger partial charge in [0.15, 0.2) is 6.10 Å². The fourth-order valence-electron chi connectivity index (χ4n) is 2.98. The molecule has 2 aromatic rings. The first-order valence-corrected chi connectivity index (χ1v) is 9.15. The van der Waals surface area contributed by atoms with Gasteiger partial charge in [-0.1, -0.05) is 6.07 Å². The quantitative estimate of drug-likeness (QED) is 0.890. The predicted molar refractivity (Wildman–Crippen MR) is 103 cm³/mol. The molecule has 1 atom stereocenters. The molecular weight excluding hydrogens is 328 g/mol. The van der Waals surface area contributed by atoms with Crippen molar-refractivity contribution in [2.75, 3.05) is 23.3 Å². The lowest BCUT2D eigenvalue weighted by atomic mass is 10.1. The molecule has 0 bridgehead atoms. The summed E-state index contributed by atoms with van der Waals surface area (Å²) < 4.78 is 5.76. The van der Waals surface area contributed by atoms with Crippen LogP contribution >= 0.6 is 0 Å². The second-order valence-corrected chi connectivity index (χ2v) is 6.80. The van der Waals surface area contributed by atoms with Crippen LogP contribution in [0.2, 0.25) is 0 Å². The second kappa shape index (κ2) is 8.17. The van der Waals surface area contributed by atoms with Gasteiger partial charge in [-0.3, -0.25) is 4.79 Å². The topological polar surface area (TPSA) is 67.3 Å². The first-order chi connectivity index (χ1) is 12.5. The number of carbonyl (C=O) groups is 1. The Morgan fingerprint density at radius 1 is 1.12 bits per heavy atom. The third kappa shape index (κ3) is 4.50. The number of hydrogen-bond acceptors (Lipinski definition) is 5. The molecule has 2 heterocycles. The molecule has 1 fully saturated rings. The van der Waals surface area contributed by atoms with Crippen LogP contribution in [-0.2, 0) is 4.79 Å². The molecule has 138 valence electrons. The maximum Gasteiger partial charge on any atom is 0.266 e. The molecule has 1 saturated heterocycles. The lowest BCUT2D eigenvalue weighted by molar-refractivity contribution is -0.122. The summed E-state index contributed by atoms with van der Waals surface area (Å²) in [4.78, 5) is 23.2. The van der Waals surface area contributed by atoms with Gasteiger partial charge in [0.1, 0.15) is 23.7 Å². The molecular formula is C20H26N4O2. The van der Waals surface area contributed by atoms with Crippen molar-refractivity contribution in [1.29, 1.82) is 0 Å². The van der Waals surface area contributed by atoms with E-state index in [1.807, 2.05) is 38.1 Å². The van der Waals surface area contributed by atoms with E-state index in [0.29, 0.717) is 11.6 Å². The van der Waals surface area contributed by atoms with E-state index in [0.717, 1.165) is 24.5 Å². The Hall–Kier alpha value is -2.63. The SMILES string of the molecule is Cc1ccc(OC(C)C(=O)Nc2cc(N3CCCCC3)ncn2)cc1C. The number of rotatable bonds is 5. The zero-order valence-electron chi connectivity index (χ0n) is 15.7. The van der Waals surface area contributed by atoms with E-state index >= 15 is 0 Å². The van der Waals surface area contributed by atoms with Crippen LogP contribution in [0.3, 0.4) is 0 Å². The fraction of sp³-hybridized carbons (Fsp3) is 0.450. The van der Waals surface area contributed by atoms with E-state index in [1.54, 1.807) is 6.92 Å². The summed E-state index contributed by atoms with van der Waals surface area (Å²) in [6.45, 7) is 7.80. The molecule has 3 rings (SSSR count). The van der Waals surface area contributed by atoms with Crippen molar-refractivity contribution in [1.82, 2.24) is 9.97 Å². The molecule has 1 unspecified atom stereocenters. The van der Waals surface area contributed by atoms with Crippen molar-refractivity contribution >= 4 is 17.5 Å². The number of anilines is 2. The number of nitrogens with one attached hydrogen (secondary N) is 1. The van der Waals surface area contributed by atoms with Gasteiger partial charge in [-0.2, -0.15) is 0 Å². The van der Waals surface area contributed by atoms with E-state index < -0.39 is 6.10 Å². The standard InChI is InChI=1S/C20H26N4O2/c1-14-7-8-17(11-15(14)2)26-16(3)20(25)23-18-12-19(22-13-21-18)24-9-5-4-6-10-24/h7-8,11-13,16H,4-6,9-10H2,1-3H3,(H,21,22,23,25). The summed E-state index contributed by atoms with van der Waals surface area (Å²) >= 11 is 0. The van der Waals surface area contributed by atoms with E-state index in [-0.39, 0.29) is 5.91 Å². The summed E-state index contributed by atoms with van der Waals surface area (Å²) in [5, 5.41) is 2.83. The third-order valence-electron chi connectivity index (χ3n) is 4.74. The molecule has 26 heavy (non-hydrogen) atoms. The van der Waals surface area contributed by atoms with Crippen LogP contribution in [0.5, 0.6) is 5.75 Å². The maximum atomic E-state index is 12.4. The smallest absolute Gasteiger partial charge is 0.266 e. The molecule has 1 aromatic carbocycles. The van der Waals surface area contributed by atoms with Gasteiger partial charge in [-0.25, -0.2) is 9.97 Å². The summed E-state index contributed by atoms with van der Waals surface area (Å²) in [7, 11) is 0. The van der Waals surface area contributed by atoms with Crippen molar-refractivity contribution in [3.63, 3.8) is 0 Å². The molecule has 0 spiro atoms. The van der Waals surface area contributed by atoms with Crippen molar-refractivity contribution in [3.8, 4) is 5.75 Å². The van der Waals surface area contributed by atoms with Gasteiger partial charge >= 0.3 is 0 Å². The summed E-state index contributed by atoms with van der Waals surface area (Å²) in [6.07, 6.45) is 4.48. The molecule has 0 saturated carbocycles. The average Bonchev–Trinajstić information content (AvgIpc) is 2.65. The van der Waals surface area contributed by atoms with Crippen molar-refractivity contribution in [2.45, 2.75) is 46.1 Å². The molecule has 6 heteroatoms. The molecule has 0 radical (unpaired) electrons. The van der Waals surface area contributed by atoms with Crippen LogP contribution in [-0.4, -0.2) is 35.1 Å². The van der Waals surface area contributed by atoms with Crippen LogP contribution in [0.25, 0.3) is 0 Å². The van der Waals surface area contributed by atoms with Gasteiger partial charge in [0, 0.05) is 19.2 Å². The Bertz CT molecular complexity index is 772. The van der Waals surface area contributed by atoms with E-state index in [9.17, 15) is 4.79 Å². The van der Waals surface area contributed by atoms with Crippen LogP contribution in [0.1, 0.15) is 37.3 Å². The third-order valence-corrected chi connectivity index (χ3v) is 4.74.